The fourth-order valence-corrected chi connectivity index (χ4v) is 3.00. The number of carbonyl (C=O) groups is 1. The summed E-state index contributed by atoms with van der Waals surface area (Å²) in [6.07, 6.45) is 4.83. The van der Waals surface area contributed by atoms with Crippen molar-refractivity contribution in [3.8, 4) is 5.69 Å². The molecule has 7 heteroatoms. The van der Waals surface area contributed by atoms with E-state index in [0.717, 1.165) is 42.4 Å². The molecular weight excluding hydrogens is 301 g/mol. The van der Waals surface area contributed by atoms with Crippen LogP contribution in [0.4, 0.5) is 4.39 Å². The van der Waals surface area contributed by atoms with Crippen LogP contribution in [0.25, 0.3) is 5.69 Å². The summed E-state index contributed by atoms with van der Waals surface area (Å²) in [5.74, 6) is -1.37. The predicted molar refractivity (Wildman–Crippen MR) is 82.3 cm³/mol. The lowest BCUT2D eigenvalue weighted by molar-refractivity contribution is 0.0997. The molecule has 1 amide bonds. The summed E-state index contributed by atoms with van der Waals surface area (Å²) in [5.41, 5.74) is 3.90. The molecule has 1 fully saturated rings. The number of primary amides is 1. The molecule has 0 radical (unpaired) electrons. The highest BCUT2D eigenvalue weighted by molar-refractivity contribution is 5.92. The number of amides is 1. The number of halogens is 1. The van der Waals surface area contributed by atoms with Crippen molar-refractivity contribution in [2.75, 3.05) is 0 Å². The van der Waals surface area contributed by atoms with E-state index in [2.05, 4.69) is 0 Å². The van der Waals surface area contributed by atoms with Gasteiger partial charge in [0.25, 0.3) is 11.5 Å². The van der Waals surface area contributed by atoms with Crippen LogP contribution in [0.5, 0.6) is 0 Å². The Kier molecular flexibility index (Phi) is 3.85. The van der Waals surface area contributed by atoms with Crippen LogP contribution < -0.4 is 17.0 Å². The van der Waals surface area contributed by atoms with Crippen LogP contribution in [0.1, 0.15) is 42.1 Å². The predicted octanol–water partition coefficient (Wildman–Crippen LogP) is 1.35. The van der Waals surface area contributed by atoms with Crippen molar-refractivity contribution in [3.63, 3.8) is 0 Å². The first kappa shape index (κ1) is 15.2. The van der Waals surface area contributed by atoms with E-state index in [4.69, 9.17) is 5.73 Å². The molecule has 2 N–H and O–H groups in total. The van der Waals surface area contributed by atoms with Gasteiger partial charge in [0.15, 0.2) is 0 Å². The quantitative estimate of drug-likeness (QED) is 0.927. The van der Waals surface area contributed by atoms with Gasteiger partial charge in [-0.15, -0.1) is 0 Å². The van der Waals surface area contributed by atoms with Crippen molar-refractivity contribution in [2.24, 2.45) is 5.73 Å². The molecule has 1 saturated carbocycles. The molecule has 0 saturated heterocycles. The Morgan fingerprint density at radius 1 is 1.13 bits per heavy atom. The van der Waals surface area contributed by atoms with E-state index in [9.17, 15) is 18.8 Å². The lowest BCUT2D eigenvalue weighted by Crippen LogP contribution is -2.43. The fraction of sp³-hybridized carbons (Fsp3) is 0.312. The second-order valence-corrected chi connectivity index (χ2v) is 5.65. The number of nitrogens with zero attached hydrogens (tertiary/aromatic N) is 2. The van der Waals surface area contributed by atoms with Crippen molar-refractivity contribution in [1.29, 1.82) is 0 Å². The zero-order chi connectivity index (χ0) is 16.6. The summed E-state index contributed by atoms with van der Waals surface area (Å²) >= 11 is 0. The second-order valence-electron chi connectivity index (χ2n) is 5.65. The first-order valence-corrected chi connectivity index (χ1v) is 7.43. The molecule has 6 nitrogen and oxygen atoms in total. The SMILES string of the molecule is NC(=O)c1cn(C2CCCC2)c(=O)n(-c2ccc(F)cc2)c1=O. The third-order valence-corrected chi connectivity index (χ3v) is 4.18. The highest BCUT2D eigenvalue weighted by Gasteiger charge is 2.23. The molecule has 1 aromatic carbocycles. The minimum absolute atomic E-state index is 0.0621. The monoisotopic (exact) mass is 317 g/mol. The van der Waals surface area contributed by atoms with Crippen molar-refractivity contribution in [2.45, 2.75) is 31.7 Å². The van der Waals surface area contributed by atoms with Crippen LogP contribution in [-0.4, -0.2) is 15.0 Å². The van der Waals surface area contributed by atoms with Gasteiger partial charge in [0, 0.05) is 12.2 Å². The summed E-state index contributed by atoms with van der Waals surface area (Å²) in [5, 5.41) is 0. The first-order chi connectivity index (χ1) is 11.0. The maximum absolute atomic E-state index is 13.1. The topological polar surface area (TPSA) is 87.1 Å². The van der Waals surface area contributed by atoms with E-state index < -0.39 is 23.0 Å². The number of rotatable bonds is 3. The molecule has 1 aromatic heterocycles. The molecule has 0 spiro atoms. The van der Waals surface area contributed by atoms with Crippen molar-refractivity contribution in [3.05, 3.63) is 62.7 Å². The lowest BCUT2D eigenvalue weighted by atomic mass is 10.2. The van der Waals surface area contributed by atoms with Crippen molar-refractivity contribution < 1.29 is 9.18 Å². The molecule has 0 aliphatic heterocycles. The van der Waals surface area contributed by atoms with Gasteiger partial charge in [0.05, 0.1) is 5.69 Å². The van der Waals surface area contributed by atoms with Crippen LogP contribution in [0.3, 0.4) is 0 Å². The Morgan fingerprint density at radius 2 is 1.74 bits per heavy atom. The van der Waals surface area contributed by atoms with Gasteiger partial charge in [0.2, 0.25) is 0 Å². The van der Waals surface area contributed by atoms with E-state index in [-0.39, 0.29) is 17.3 Å². The molecule has 0 atom stereocenters. The summed E-state index contributed by atoms with van der Waals surface area (Å²) < 4.78 is 15.4. The van der Waals surface area contributed by atoms with Crippen LogP contribution in [0, 0.1) is 5.82 Å². The second kappa shape index (κ2) is 5.83. The number of benzene rings is 1. The first-order valence-electron chi connectivity index (χ1n) is 7.43. The van der Waals surface area contributed by atoms with Gasteiger partial charge in [-0.2, -0.15) is 0 Å². The maximum Gasteiger partial charge on any atom is 0.335 e. The highest BCUT2D eigenvalue weighted by atomic mass is 19.1. The Morgan fingerprint density at radius 3 is 2.30 bits per heavy atom. The molecule has 2 aromatic rings. The summed E-state index contributed by atoms with van der Waals surface area (Å²) in [4.78, 5) is 36.7. The van der Waals surface area contributed by atoms with Crippen molar-refractivity contribution in [1.82, 2.24) is 9.13 Å². The van der Waals surface area contributed by atoms with Crippen LogP contribution in [-0.2, 0) is 0 Å². The number of hydrogen-bond donors (Lipinski definition) is 1. The van der Waals surface area contributed by atoms with Crippen LogP contribution >= 0.6 is 0 Å². The smallest absolute Gasteiger partial charge is 0.335 e. The molecule has 1 aliphatic carbocycles. The van der Waals surface area contributed by atoms with Gasteiger partial charge in [0.1, 0.15) is 11.4 Å². The van der Waals surface area contributed by atoms with E-state index in [1.165, 1.54) is 22.9 Å². The molecule has 3 rings (SSSR count). The summed E-state index contributed by atoms with van der Waals surface area (Å²) in [6.45, 7) is 0. The Bertz CT molecular complexity index is 862. The largest absolute Gasteiger partial charge is 0.365 e. The summed E-state index contributed by atoms with van der Waals surface area (Å²) in [6, 6.07) is 4.88. The highest BCUT2D eigenvalue weighted by Crippen LogP contribution is 2.28. The zero-order valence-electron chi connectivity index (χ0n) is 12.4. The maximum atomic E-state index is 13.1. The normalized spacial score (nSPS) is 15.0. The number of nitrogens with two attached hydrogens (primary N) is 1. The molecule has 0 bridgehead atoms. The summed E-state index contributed by atoms with van der Waals surface area (Å²) in [7, 11) is 0. The lowest BCUT2D eigenvalue weighted by Gasteiger charge is -2.17. The van der Waals surface area contributed by atoms with Gasteiger partial charge in [-0.1, -0.05) is 12.8 Å². The Balaban J connectivity index is 2.28. The average Bonchev–Trinajstić information content (AvgIpc) is 3.03. The molecular formula is C16H16FN3O3. The van der Waals surface area contributed by atoms with Gasteiger partial charge >= 0.3 is 5.69 Å². The molecule has 120 valence electrons. The van der Waals surface area contributed by atoms with Crippen molar-refractivity contribution >= 4 is 5.91 Å². The Hall–Kier alpha value is -2.70. The number of carbonyl (C=O) groups excluding carboxylic acids is 1. The molecule has 1 heterocycles. The fourth-order valence-electron chi connectivity index (χ4n) is 3.00. The van der Waals surface area contributed by atoms with Crippen LogP contribution in [0.2, 0.25) is 0 Å². The van der Waals surface area contributed by atoms with E-state index in [1.807, 2.05) is 0 Å². The minimum atomic E-state index is -0.891. The van der Waals surface area contributed by atoms with Gasteiger partial charge in [-0.25, -0.2) is 13.8 Å². The third-order valence-electron chi connectivity index (χ3n) is 4.18. The van der Waals surface area contributed by atoms with Gasteiger partial charge in [-0.3, -0.25) is 14.2 Å². The number of aromatic nitrogens is 2. The van der Waals surface area contributed by atoms with Gasteiger partial charge < -0.3 is 5.73 Å². The minimum Gasteiger partial charge on any atom is -0.365 e. The standard InChI is InChI=1S/C16H16FN3O3/c17-10-5-7-12(8-6-10)20-15(22)13(14(18)21)9-19(16(20)23)11-3-1-2-4-11/h5-9,11H,1-4H2,(H2,18,21). The van der Waals surface area contributed by atoms with E-state index >= 15 is 0 Å². The number of hydrogen-bond acceptors (Lipinski definition) is 3. The molecule has 1 aliphatic rings. The van der Waals surface area contributed by atoms with Crippen LogP contribution in [0.15, 0.2) is 40.1 Å². The molecule has 23 heavy (non-hydrogen) atoms. The Labute approximate surface area is 131 Å². The van der Waals surface area contributed by atoms with E-state index in [0.29, 0.717) is 0 Å². The van der Waals surface area contributed by atoms with E-state index in [1.54, 1.807) is 0 Å². The zero-order valence-corrected chi connectivity index (χ0v) is 12.4. The van der Waals surface area contributed by atoms with Gasteiger partial charge in [-0.05, 0) is 37.1 Å². The molecule has 0 unspecified atom stereocenters. The average molecular weight is 317 g/mol. The third kappa shape index (κ3) is 2.69.